The summed E-state index contributed by atoms with van der Waals surface area (Å²) in [4.78, 5) is 10.6. The molecule has 0 radical (unpaired) electrons. The quantitative estimate of drug-likeness (QED) is 0.645. The highest BCUT2D eigenvalue weighted by atomic mass is 16.6. The van der Waals surface area contributed by atoms with Crippen LogP contribution < -0.4 is 10.1 Å². The van der Waals surface area contributed by atoms with E-state index in [4.69, 9.17) is 4.74 Å². The molecule has 2 rings (SSSR count). The minimum absolute atomic E-state index is 0.0118. The first-order valence-electron chi connectivity index (χ1n) is 5.53. The Labute approximate surface area is 99.9 Å². The van der Waals surface area contributed by atoms with Crippen molar-refractivity contribution in [3.8, 4) is 5.75 Å². The lowest BCUT2D eigenvalue weighted by molar-refractivity contribution is -0.384. The molecular formula is C12H16N2O3. The van der Waals surface area contributed by atoms with Gasteiger partial charge in [-0.1, -0.05) is 19.9 Å². The van der Waals surface area contributed by atoms with Gasteiger partial charge in [0.1, 0.15) is 5.69 Å². The van der Waals surface area contributed by atoms with E-state index in [1.165, 1.54) is 7.11 Å². The van der Waals surface area contributed by atoms with E-state index in [0.717, 1.165) is 6.42 Å². The van der Waals surface area contributed by atoms with Crippen LogP contribution in [0.2, 0.25) is 0 Å². The van der Waals surface area contributed by atoms with Crippen molar-refractivity contribution in [2.24, 2.45) is 5.41 Å². The number of nitrogens with one attached hydrogen (secondary N) is 1. The van der Waals surface area contributed by atoms with Crippen molar-refractivity contribution in [2.45, 2.75) is 26.3 Å². The summed E-state index contributed by atoms with van der Waals surface area (Å²) in [5, 5.41) is 14.3. The third kappa shape index (κ3) is 2.18. The lowest BCUT2D eigenvalue weighted by atomic mass is 10.2. The van der Waals surface area contributed by atoms with Gasteiger partial charge >= 0.3 is 5.69 Å². The summed E-state index contributed by atoms with van der Waals surface area (Å²) < 4.78 is 5.02. The number of rotatable bonds is 4. The van der Waals surface area contributed by atoms with Crippen LogP contribution in [0.4, 0.5) is 11.4 Å². The first-order valence-corrected chi connectivity index (χ1v) is 5.53. The minimum atomic E-state index is -0.406. The summed E-state index contributed by atoms with van der Waals surface area (Å²) in [6.45, 7) is 4.27. The molecule has 5 heteroatoms. The van der Waals surface area contributed by atoms with Crippen molar-refractivity contribution in [3.63, 3.8) is 0 Å². The summed E-state index contributed by atoms with van der Waals surface area (Å²) in [5.74, 6) is 0.290. The average molecular weight is 236 g/mol. The number of nitrogens with zero attached hydrogens (tertiary/aromatic N) is 1. The number of hydrogen-bond donors (Lipinski definition) is 1. The molecule has 1 aromatic carbocycles. The summed E-state index contributed by atoms with van der Waals surface area (Å²) >= 11 is 0. The molecule has 1 aliphatic carbocycles. The Balaban J connectivity index is 2.30. The summed E-state index contributed by atoms with van der Waals surface area (Å²) in [7, 11) is 1.44. The predicted molar refractivity (Wildman–Crippen MR) is 65.5 cm³/mol. The molecule has 1 atom stereocenters. The van der Waals surface area contributed by atoms with E-state index in [-0.39, 0.29) is 11.1 Å². The van der Waals surface area contributed by atoms with Gasteiger partial charge in [-0.05, 0) is 24.0 Å². The summed E-state index contributed by atoms with van der Waals surface area (Å²) in [5.41, 5.74) is 0.763. The summed E-state index contributed by atoms with van der Waals surface area (Å²) in [6, 6.07) is 5.37. The largest absolute Gasteiger partial charge is 0.490 e. The van der Waals surface area contributed by atoms with Crippen molar-refractivity contribution < 1.29 is 9.66 Å². The van der Waals surface area contributed by atoms with Gasteiger partial charge in [-0.15, -0.1) is 0 Å². The highest BCUT2D eigenvalue weighted by Crippen LogP contribution is 2.48. The molecule has 0 saturated heterocycles. The molecule has 1 N–H and O–H groups in total. The second-order valence-corrected chi connectivity index (χ2v) is 5.00. The second-order valence-electron chi connectivity index (χ2n) is 5.00. The Morgan fingerprint density at radius 2 is 2.18 bits per heavy atom. The molecule has 1 fully saturated rings. The fraction of sp³-hybridized carbons (Fsp3) is 0.500. The maximum atomic E-state index is 11.1. The number of hydrogen-bond acceptors (Lipinski definition) is 4. The molecule has 0 bridgehead atoms. The van der Waals surface area contributed by atoms with Crippen molar-refractivity contribution >= 4 is 11.4 Å². The van der Waals surface area contributed by atoms with E-state index in [9.17, 15) is 10.1 Å². The fourth-order valence-corrected chi connectivity index (χ4v) is 1.89. The zero-order valence-corrected chi connectivity index (χ0v) is 10.2. The van der Waals surface area contributed by atoms with Crippen LogP contribution in [0, 0.1) is 15.5 Å². The maximum Gasteiger partial charge on any atom is 0.333 e. The van der Waals surface area contributed by atoms with E-state index in [1.807, 2.05) is 0 Å². The molecule has 0 spiro atoms. The molecule has 1 unspecified atom stereocenters. The molecule has 0 aliphatic heterocycles. The van der Waals surface area contributed by atoms with Gasteiger partial charge in [0.05, 0.1) is 12.0 Å². The van der Waals surface area contributed by atoms with Crippen molar-refractivity contribution in [3.05, 3.63) is 28.3 Å². The van der Waals surface area contributed by atoms with E-state index in [2.05, 4.69) is 19.2 Å². The topological polar surface area (TPSA) is 64.4 Å². The zero-order chi connectivity index (χ0) is 12.6. The highest BCUT2D eigenvalue weighted by Gasteiger charge is 2.46. The van der Waals surface area contributed by atoms with Crippen molar-refractivity contribution in [2.75, 3.05) is 12.4 Å². The third-order valence-electron chi connectivity index (χ3n) is 3.24. The Kier molecular flexibility index (Phi) is 2.69. The van der Waals surface area contributed by atoms with Crippen LogP contribution >= 0.6 is 0 Å². The number of benzene rings is 1. The van der Waals surface area contributed by atoms with Gasteiger partial charge < -0.3 is 10.1 Å². The Bertz CT molecular complexity index is 457. The molecule has 92 valence electrons. The smallest absolute Gasteiger partial charge is 0.333 e. The van der Waals surface area contributed by atoms with Gasteiger partial charge in [-0.3, -0.25) is 10.1 Å². The normalized spacial score (nSPS) is 20.8. The molecule has 0 amide bonds. The standard InChI is InChI=1S/C12H16N2O3/c1-12(2)7-10(12)13-8-5-4-6-9(17-3)11(8)14(15)16/h4-6,10,13H,7H2,1-3H3. The van der Waals surface area contributed by atoms with Gasteiger partial charge in [0, 0.05) is 6.04 Å². The van der Waals surface area contributed by atoms with Crippen molar-refractivity contribution in [1.29, 1.82) is 0 Å². The van der Waals surface area contributed by atoms with Gasteiger partial charge in [-0.2, -0.15) is 0 Å². The first-order chi connectivity index (χ1) is 7.95. The molecular weight excluding hydrogens is 220 g/mol. The highest BCUT2D eigenvalue weighted by molar-refractivity contribution is 5.69. The maximum absolute atomic E-state index is 11.1. The fourth-order valence-electron chi connectivity index (χ4n) is 1.89. The van der Waals surface area contributed by atoms with Crippen LogP contribution in [0.1, 0.15) is 20.3 Å². The van der Waals surface area contributed by atoms with Crippen LogP contribution in [-0.4, -0.2) is 18.1 Å². The second kappa shape index (κ2) is 3.91. The van der Waals surface area contributed by atoms with E-state index >= 15 is 0 Å². The molecule has 1 saturated carbocycles. The number of nitro groups is 1. The van der Waals surface area contributed by atoms with E-state index in [0.29, 0.717) is 17.5 Å². The number of para-hydroxylation sites is 1. The monoisotopic (exact) mass is 236 g/mol. The lowest BCUT2D eigenvalue weighted by Crippen LogP contribution is -2.10. The van der Waals surface area contributed by atoms with Crippen LogP contribution in [0.3, 0.4) is 0 Å². The van der Waals surface area contributed by atoms with Crippen LogP contribution in [0.15, 0.2) is 18.2 Å². The van der Waals surface area contributed by atoms with Crippen LogP contribution in [0.25, 0.3) is 0 Å². The number of ether oxygens (including phenoxy) is 1. The molecule has 5 nitrogen and oxygen atoms in total. The number of anilines is 1. The predicted octanol–water partition coefficient (Wildman–Crippen LogP) is 2.81. The molecule has 1 aromatic rings. The van der Waals surface area contributed by atoms with E-state index < -0.39 is 4.92 Å². The van der Waals surface area contributed by atoms with Crippen LogP contribution in [0.5, 0.6) is 5.75 Å². The first kappa shape index (κ1) is 11.7. The van der Waals surface area contributed by atoms with Crippen molar-refractivity contribution in [1.82, 2.24) is 0 Å². The van der Waals surface area contributed by atoms with E-state index in [1.54, 1.807) is 18.2 Å². The van der Waals surface area contributed by atoms with Crippen LogP contribution in [-0.2, 0) is 0 Å². The minimum Gasteiger partial charge on any atom is -0.490 e. The Morgan fingerprint density at radius 3 is 2.65 bits per heavy atom. The lowest BCUT2D eigenvalue weighted by Gasteiger charge is -2.10. The SMILES string of the molecule is COc1cccc(NC2CC2(C)C)c1[N+](=O)[O-]. The summed E-state index contributed by atoms with van der Waals surface area (Å²) in [6.07, 6.45) is 1.03. The van der Waals surface area contributed by atoms with Gasteiger partial charge in [0.25, 0.3) is 0 Å². The number of methoxy groups -OCH3 is 1. The molecule has 0 heterocycles. The molecule has 1 aliphatic rings. The molecule has 17 heavy (non-hydrogen) atoms. The molecule has 0 aromatic heterocycles. The zero-order valence-electron chi connectivity index (χ0n) is 10.2. The third-order valence-corrected chi connectivity index (χ3v) is 3.24. The van der Waals surface area contributed by atoms with Gasteiger partial charge in [0.15, 0.2) is 5.75 Å². The average Bonchev–Trinajstić information content (AvgIpc) is 2.85. The number of nitro benzene ring substituents is 1. The Hall–Kier alpha value is -1.78. The van der Waals surface area contributed by atoms with Gasteiger partial charge in [-0.25, -0.2) is 0 Å². The Morgan fingerprint density at radius 1 is 1.53 bits per heavy atom. The van der Waals surface area contributed by atoms with Gasteiger partial charge in [0.2, 0.25) is 0 Å².